The van der Waals surface area contributed by atoms with Crippen LogP contribution >= 0.6 is 0 Å². The zero-order valence-corrected chi connectivity index (χ0v) is 9.34. The Morgan fingerprint density at radius 2 is 2.44 bits per heavy atom. The van der Waals surface area contributed by atoms with Crippen molar-refractivity contribution < 1.29 is 4.74 Å². The highest BCUT2D eigenvalue weighted by atomic mass is 16.5. The largest absolute Gasteiger partial charge is 0.383 e. The van der Waals surface area contributed by atoms with Gasteiger partial charge in [-0.1, -0.05) is 0 Å². The van der Waals surface area contributed by atoms with E-state index in [1.165, 1.54) is 0 Å². The number of nitrogens with one attached hydrogen (secondary N) is 1. The minimum atomic E-state index is 0.153. The topological polar surface area (TPSA) is 77.5 Å². The first kappa shape index (κ1) is 10.7. The third-order valence-electron chi connectivity index (χ3n) is 2.19. The van der Waals surface area contributed by atoms with Crippen molar-refractivity contribution in [3.63, 3.8) is 0 Å². The Labute approximate surface area is 93.5 Å². The van der Waals surface area contributed by atoms with Crippen LogP contribution in [0.5, 0.6) is 0 Å². The monoisotopic (exact) mass is 221 g/mol. The SMILES string of the molecule is COCC(C)Nc1nc(N)cn2ccnc12. The van der Waals surface area contributed by atoms with E-state index in [-0.39, 0.29) is 6.04 Å². The first-order chi connectivity index (χ1) is 7.70. The standard InChI is InChI=1S/C10H15N5O/c1-7(6-16-2)13-9-10-12-3-4-15(10)5-8(11)14-9/h3-5,7H,6,11H2,1-2H3,(H,13,14). The van der Waals surface area contributed by atoms with Crippen LogP contribution in [0, 0.1) is 0 Å². The molecule has 0 aromatic carbocycles. The first-order valence-electron chi connectivity index (χ1n) is 5.05. The molecule has 1 atom stereocenters. The number of methoxy groups -OCH3 is 1. The number of hydrogen-bond acceptors (Lipinski definition) is 5. The third kappa shape index (κ3) is 2.06. The van der Waals surface area contributed by atoms with Gasteiger partial charge in [-0.15, -0.1) is 0 Å². The summed E-state index contributed by atoms with van der Waals surface area (Å²) in [4.78, 5) is 8.44. The van der Waals surface area contributed by atoms with Crippen molar-refractivity contribution in [2.75, 3.05) is 24.8 Å². The number of nitrogens with zero attached hydrogens (tertiary/aromatic N) is 3. The van der Waals surface area contributed by atoms with Gasteiger partial charge in [0, 0.05) is 25.5 Å². The predicted molar refractivity (Wildman–Crippen MR) is 62.4 cm³/mol. The Kier molecular flexibility index (Phi) is 2.91. The van der Waals surface area contributed by atoms with Gasteiger partial charge in [0.25, 0.3) is 0 Å². The molecular formula is C10H15N5O. The second kappa shape index (κ2) is 4.36. The van der Waals surface area contributed by atoms with E-state index in [0.717, 1.165) is 5.65 Å². The van der Waals surface area contributed by atoms with Crippen molar-refractivity contribution in [1.29, 1.82) is 0 Å². The van der Waals surface area contributed by atoms with Crippen molar-refractivity contribution in [2.45, 2.75) is 13.0 Å². The molecule has 0 bridgehead atoms. The molecule has 2 rings (SSSR count). The van der Waals surface area contributed by atoms with E-state index >= 15 is 0 Å². The maximum absolute atomic E-state index is 5.70. The summed E-state index contributed by atoms with van der Waals surface area (Å²) in [5, 5.41) is 3.21. The fraction of sp³-hybridized carbons (Fsp3) is 0.400. The van der Waals surface area contributed by atoms with Crippen molar-refractivity contribution in [3.05, 3.63) is 18.6 Å². The number of aromatic nitrogens is 3. The quantitative estimate of drug-likeness (QED) is 0.797. The summed E-state index contributed by atoms with van der Waals surface area (Å²) in [6, 6.07) is 0.153. The van der Waals surface area contributed by atoms with Crippen LogP contribution in [-0.2, 0) is 4.74 Å². The number of hydrogen-bond donors (Lipinski definition) is 2. The van der Waals surface area contributed by atoms with Crippen LogP contribution < -0.4 is 11.1 Å². The average Bonchev–Trinajstić information content (AvgIpc) is 2.65. The van der Waals surface area contributed by atoms with Crippen molar-refractivity contribution >= 4 is 17.3 Å². The smallest absolute Gasteiger partial charge is 0.180 e. The summed E-state index contributed by atoms with van der Waals surface area (Å²) >= 11 is 0. The van der Waals surface area contributed by atoms with Gasteiger partial charge in [0.05, 0.1) is 12.8 Å². The molecule has 0 aliphatic rings. The number of fused-ring (bicyclic) bond motifs is 1. The lowest BCUT2D eigenvalue weighted by atomic mass is 10.3. The Hall–Kier alpha value is -1.82. The lowest BCUT2D eigenvalue weighted by Gasteiger charge is -2.14. The van der Waals surface area contributed by atoms with E-state index in [9.17, 15) is 0 Å². The fourth-order valence-corrected chi connectivity index (χ4v) is 1.57. The van der Waals surface area contributed by atoms with Crippen LogP contribution in [0.25, 0.3) is 5.65 Å². The third-order valence-corrected chi connectivity index (χ3v) is 2.19. The highest BCUT2D eigenvalue weighted by molar-refractivity contribution is 5.65. The average molecular weight is 221 g/mol. The second-order valence-corrected chi connectivity index (χ2v) is 3.67. The Bertz CT molecular complexity index is 481. The summed E-state index contributed by atoms with van der Waals surface area (Å²) in [5.41, 5.74) is 6.46. The predicted octanol–water partition coefficient (Wildman–Crippen LogP) is 0.758. The highest BCUT2D eigenvalue weighted by Gasteiger charge is 2.08. The van der Waals surface area contributed by atoms with Gasteiger partial charge in [-0.2, -0.15) is 0 Å². The molecule has 16 heavy (non-hydrogen) atoms. The number of anilines is 2. The molecule has 6 heteroatoms. The van der Waals surface area contributed by atoms with E-state index in [1.54, 1.807) is 19.5 Å². The summed E-state index contributed by atoms with van der Waals surface area (Å²) in [6.45, 7) is 2.61. The van der Waals surface area contributed by atoms with Gasteiger partial charge in [-0.05, 0) is 6.92 Å². The van der Waals surface area contributed by atoms with E-state index in [2.05, 4.69) is 15.3 Å². The molecule has 0 radical (unpaired) electrons. The summed E-state index contributed by atoms with van der Waals surface area (Å²) < 4.78 is 6.89. The van der Waals surface area contributed by atoms with E-state index < -0.39 is 0 Å². The molecule has 0 saturated carbocycles. The Morgan fingerprint density at radius 3 is 3.19 bits per heavy atom. The van der Waals surface area contributed by atoms with Gasteiger partial charge in [-0.3, -0.25) is 0 Å². The zero-order valence-electron chi connectivity index (χ0n) is 9.34. The van der Waals surface area contributed by atoms with Crippen LogP contribution in [0.3, 0.4) is 0 Å². The summed E-state index contributed by atoms with van der Waals surface area (Å²) in [5.74, 6) is 1.13. The molecule has 1 unspecified atom stereocenters. The minimum Gasteiger partial charge on any atom is -0.383 e. The first-order valence-corrected chi connectivity index (χ1v) is 5.05. The van der Waals surface area contributed by atoms with Crippen LogP contribution in [0.1, 0.15) is 6.92 Å². The molecule has 0 saturated heterocycles. The molecule has 2 aromatic rings. The number of nitrogen functional groups attached to an aromatic ring is 1. The van der Waals surface area contributed by atoms with Gasteiger partial charge in [0.1, 0.15) is 5.82 Å². The van der Waals surface area contributed by atoms with E-state index in [4.69, 9.17) is 10.5 Å². The maximum Gasteiger partial charge on any atom is 0.180 e. The van der Waals surface area contributed by atoms with Crippen LogP contribution in [0.4, 0.5) is 11.6 Å². The molecule has 6 nitrogen and oxygen atoms in total. The molecule has 0 aliphatic heterocycles. The fourth-order valence-electron chi connectivity index (χ4n) is 1.57. The van der Waals surface area contributed by atoms with Crippen LogP contribution in [-0.4, -0.2) is 34.1 Å². The van der Waals surface area contributed by atoms with E-state index in [1.807, 2.05) is 17.5 Å². The molecule has 0 aliphatic carbocycles. The van der Waals surface area contributed by atoms with Gasteiger partial charge in [-0.25, -0.2) is 9.97 Å². The zero-order chi connectivity index (χ0) is 11.5. The number of nitrogens with two attached hydrogens (primary N) is 1. The van der Waals surface area contributed by atoms with Gasteiger partial charge in [0.15, 0.2) is 11.5 Å². The Morgan fingerprint density at radius 1 is 1.62 bits per heavy atom. The minimum absolute atomic E-state index is 0.153. The molecule has 0 fully saturated rings. The van der Waals surface area contributed by atoms with Crippen LogP contribution in [0.2, 0.25) is 0 Å². The summed E-state index contributed by atoms with van der Waals surface area (Å²) in [7, 11) is 1.66. The maximum atomic E-state index is 5.70. The molecule has 2 heterocycles. The number of rotatable bonds is 4. The molecular weight excluding hydrogens is 206 g/mol. The lowest BCUT2D eigenvalue weighted by molar-refractivity contribution is 0.190. The second-order valence-electron chi connectivity index (χ2n) is 3.67. The molecule has 3 N–H and O–H groups in total. The van der Waals surface area contributed by atoms with Gasteiger partial charge in [0.2, 0.25) is 0 Å². The number of ether oxygens (including phenoxy) is 1. The molecule has 0 amide bonds. The highest BCUT2D eigenvalue weighted by Crippen LogP contribution is 2.15. The molecule has 2 aromatic heterocycles. The number of imidazole rings is 1. The Balaban J connectivity index is 2.31. The van der Waals surface area contributed by atoms with Gasteiger partial charge < -0.3 is 20.2 Å². The lowest BCUT2D eigenvalue weighted by Crippen LogP contribution is -2.22. The van der Waals surface area contributed by atoms with Crippen molar-refractivity contribution in [2.24, 2.45) is 0 Å². The normalized spacial score (nSPS) is 12.9. The van der Waals surface area contributed by atoms with Crippen molar-refractivity contribution in [1.82, 2.24) is 14.4 Å². The molecule has 86 valence electrons. The van der Waals surface area contributed by atoms with Crippen molar-refractivity contribution in [3.8, 4) is 0 Å². The summed E-state index contributed by atoms with van der Waals surface area (Å²) in [6.07, 6.45) is 5.27. The van der Waals surface area contributed by atoms with Gasteiger partial charge >= 0.3 is 0 Å². The molecule has 0 spiro atoms. The van der Waals surface area contributed by atoms with Crippen LogP contribution in [0.15, 0.2) is 18.6 Å². The van der Waals surface area contributed by atoms with E-state index in [0.29, 0.717) is 18.2 Å².